The monoisotopic (exact) mass is 199 g/mol. The van der Waals surface area contributed by atoms with Gasteiger partial charge in [0.1, 0.15) is 0 Å². The maximum absolute atomic E-state index is 8.28. The van der Waals surface area contributed by atoms with Gasteiger partial charge in [0.2, 0.25) is 0 Å². The molecule has 2 aliphatic rings. The number of nitrogens with zero attached hydrogens (tertiary/aromatic N) is 4. The Bertz CT molecular complexity index is 226. The Labute approximate surface area is 79.4 Å². The molecule has 0 aromatic carbocycles. The second-order valence-electron chi connectivity index (χ2n) is 3.70. The van der Waals surface area contributed by atoms with Crippen molar-refractivity contribution in [1.82, 2.24) is 9.99 Å². The molecule has 0 bridgehead atoms. The molecule has 1 spiro atoms. The molecule has 2 rings (SSSR count). The average molecular weight is 199 g/mol. The van der Waals surface area contributed by atoms with Crippen LogP contribution in [0.2, 0.25) is 0 Å². The normalized spacial score (nSPS) is 34.8. The van der Waals surface area contributed by atoms with Crippen LogP contribution in [0.25, 0.3) is 10.4 Å². The first-order valence-electron chi connectivity index (χ1n) is 4.65. The summed E-state index contributed by atoms with van der Waals surface area (Å²) in [6.45, 7) is 3.28. The number of azide groups is 1. The van der Waals surface area contributed by atoms with Crippen LogP contribution in [0.4, 0.5) is 0 Å². The van der Waals surface area contributed by atoms with Crippen molar-refractivity contribution >= 4 is 8.88 Å². The molecule has 0 radical (unpaired) electrons. The lowest BCUT2D eigenvalue weighted by Gasteiger charge is -2.32. The van der Waals surface area contributed by atoms with E-state index in [1.807, 2.05) is 0 Å². The molecular weight excluding hydrogens is 185 g/mol. The summed E-state index contributed by atoms with van der Waals surface area (Å²) < 4.78 is 2.35. The predicted octanol–water partition coefficient (Wildman–Crippen LogP) is 1.63. The zero-order valence-electron chi connectivity index (χ0n) is 7.53. The minimum atomic E-state index is 0.293. The number of hydrogen-bond acceptors (Lipinski definition) is 3. The van der Waals surface area contributed by atoms with Crippen LogP contribution < -0.4 is 5.32 Å². The van der Waals surface area contributed by atoms with Crippen molar-refractivity contribution in [3.8, 4) is 0 Å². The van der Waals surface area contributed by atoms with Crippen LogP contribution in [0.5, 0.6) is 0 Å². The standard InChI is InChI=1S/C7H14N5P/c8-10-11-13-12-5-1-2-7(12)3-4-9-6-7/h9,13H,1-6H2. The molecule has 0 aliphatic carbocycles. The summed E-state index contributed by atoms with van der Waals surface area (Å²) >= 11 is 0. The molecule has 2 heterocycles. The molecule has 0 saturated carbocycles. The van der Waals surface area contributed by atoms with Gasteiger partial charge in [-0.25, -0.2) is 0 Å². The molecule has 6 heteroatoms. The molecular formula is C7H14N5P. The molecule has 5 nitrogen and oxygen atoms in total. The third-order valence-electron chi connectivity index (χ3n) is 3.03. The summed E-state index contributed by atoms with van der Waals surface area (Å²) in [5.41, 5.74) is 8.61. The summed E-state index contributed by atoms with van der Waals surface area (Å²) in [5.74, 6) is 0. The molecule has 0 aromatic rings. The first kappa shape index (κ1) is 9.22. The maximum Gasteiger partial charge on any atom is 0.0434 e. The third kappa shape index (κ3) is 1.65. The Morgan fingerprint density at radius 1 is 1.54 bits per heavy atom. The molecule has 2 unspecified atom stereocenters. The maximum atomic E-state index is 8.28. The Hall–Kier alpha value is -0.340. The van der Waals surface area contributed by atoms with Crippen LogP contribution >= 0.6 is 8.88 Å². The Kier molecular flexibility index (Phi) is 2.70. The van der Waals surface area contributed by atoms with E-state index in [0.29, 0.717) is 14.4 Å². The largest absolute Gasteiger partial charge is 0.315 e. The smallest absolute Gasteiger partial charge is 0.0434 e. The Balaban J connectivity index is 2.04. The Morgan fingerprint density at radius 3 is 3.15 bits per heavy atom. The fourth-order valence-electron chi connectivity index (χ4n) is 2.34. The molecule has 72 valence electrons. The van der Waals surface area contributed by atoms with Crippen molar-refractivity contribution in [2.24, 2.45) is 4.88 Å². The lowest BCUT2D eigenvalue weighted by Crippen LogP contribution is -2.40. The third-order valence-corrected chi connectivity index (χ3v) is 4.15. The fourth-order valence-corrected chi connectivity index (χ4v) is 3.26. The van der Waals surface area contributed by atoms with Crippen LogP contribution in [0.1, 0.15) is 19.3 Å². The van der Waals surface area contributed by atoms with E-state index >= 15 is 0 Å². The van der Waals surface area contributed by atoms with Gasteiger partial charge >= 0.3 is 0 Å². The number of hydrogen-bond donors (Lipinski definition) is 1. The summed E-state index contributed by atoms with van der Waals surface area (Å²) in [6.07, 6.45) is 3.71. The number of nitrogens with one attached hydrogen (secondary N) is 1. The van der Waals surface area contributed by atoms with E-state index in [0.717, 1.165) is 19.6 Å². The Morgan fingerprint density at radius 2 is 2.46 bits per heavy atom. The van der Waals surface area contributed by atoms with Crippen LogP contribution in [0.15, 0.2) is 4.88 Å². The molecule has 0 aromatic heterocycles. The zero-order valence-corrected chi connectivity index (χ0v) is 8.53. The van der Waals surface area contributed by atoms with Crippen molar-refractivity contribution < 1.29 is 0 Å². The molecule has 2 atom stereocenters. The quantitative estimate of drug-likeness (QED) is 0.318. The van der Waals surface area contributed by atoms with Gasteiger partial charge in [-0.15, -0.1) is 0 Å². The van der Waals surface area contributed by atoms with E-state index in [4.69, 9.17) is 5.53 Å². The molecule has 13 heavy (non-hydrogen) atoms. The fraction of sp³-hybridized carbons (Fsp3) is 1.00. The van der Waals surface area contributed by atoms with Crippen molar-refractivity contribution in [2.75, 3.05) is 19.6 Å². The van der Waals surface area contributed by atoms with E-state index in [-0.39, 0.29) is 0 Å². The van der Waals surface area contributed by atoms with E-state index < -0.39 is 0 Å². The predicted molar refractivity (Wildman–Crippen MR) is 53.6 cm³/mol. The van der Waals surface area contributed by atoms with Crippen molar-refractivity contribution in [2.45, 2.75) is 24.8 Å². The topological polar surface area (TPSA) is 64.0 Å². The highest BCUT2D eigenvalue weighted by Crippen LogP contribution is 2.42. The lowest BCUT2D eigenvalue weighted by atomic mass is 9.97. The van der Waals surface area contributed by atoms with E-state index in [2.05, 4.69) is 19.8 Å². The van der Waals surface area contributed by atoms with E-state index in [1.165, 1.54) is 19.3 Å². The summed E-state index contributed by atoms with van der Waals surface area (Å²) in [7, 11) is 0.293. The average Bonchev–Trinajstić information content (AvgIpc) is 2.75. The summed E-state index contributed by atoms with van der Waals surface area (Å²) in [6, 6.07) is 0. The van der Waals surface area contributed by atoms with Gasteiger partial charge < -0.3 is 5.32 Å². The van der Waals surface area contributed by atoms with Gasteiger partial charge in [-0.3, -0.25) is 4.67 Å². The minimum absolute atomic E-state index is 0.293. The van der Waals surface area contributed by atoms with Gasteiger partial charge in [-0.05, 0) is 31.3 Å². The van der Waals surface area contributed by atoms with Crippen LogP contribution in [-0.2, 0) is 0 Å². The van der Waals surface area contributed by atoms with Gasteiger partial charge in [0, 0.05) is 32.4 Å². The highest BCUT2D eigenvalue weighted by molar-refractivity contribution is 7.33. The minimum Gasteiger partial charge on any atom is -0.315 e. The number of rotatable bonds is 2. The van der Waals surface area contributed by atoms with Crippen LogP contribution in [0, 0.1) is 0 Å². The second kappa shape index (κ2) is 3.81. The lowest BCUT2D eigenvalue weighted by molar-refractivity contribution is 0.283. The van der Waals surface area contributed by atoms with E-state index in [1.54, 1.807) is 0 Å². The first-order chi connectivity index (χ1) is 6.37. The summed E-state index contributed by atoms with van der Waals surface area (Å²) in [5, 5.41) is 3.39. The highest BCUT2D eigenvalue weighted by atomic mass is 31.1. The summed E-state index contributed by atoms with van der Waals surface area (Å²) in [4.78, 5) is 6.51. The van der Waals surface area contributed by atoms with E-state index in [9.17, 15) is 0 Å². The van der Waals surface area contributed by atoms with Crippen molar-refractivity contribution in [3.63, 3.8) is 0 Å². The first-order valence-corrected chi connectivity index (χ1v) is 5.55. The van der Waals surface area contributed by atoms with Crippen molar-refractivity contribution in [3.05, 3.63) is 10.4 Å². The molecule has 0 amide bonds. The highest BCUT2D eigenvalue weighted by Gasteiger charge is 2.42. The zero-order chi connectivity index (χ0) is 9.15. The van der Waals surface area contributed by atoms with Gasteiger partial charge in [-0.2, -0.15) is 0 Å². The molecule has 2 saturated heterocycles. The van der Waals surface area contributed by atoms with Gasteiger partial charge in [-0.1, -0.05) is 4.88 Å². The molecule has 2 aliphatic heterocycles. The van der Waals surface area contributed by atoms with Gasteiger partial charge in [0.05, 0.1) is 0 Å². The van der Waals surface area contributed by atoms with Crippen molar-refractivity contribution in [1.29, 1.82) is 0 Å². The van der Waals surface area contributed by atoms with Crippen LogP contribution in [0.3, 0.4) is 0 Å². The van der Waals surface area contributed by atoms with Gasteiger partial charge in [0.25, 0.3) is 0 Å². The van der Waals surface area contributed by atoms with Gasteiger partial charge in [0.15, 0.2) is 0 Å². The second-order valence-corrected chi connectivity index (χ2v) is 4.64. The van der Waals surface area contributed by atoms with Crippen LogP contribution in [-0.4, -0.2) is 29.8 Å². The molecule has 1 N–H and O–H groups in total. The SMILES string of the molecule is [N-]=[N+]=NPN1CCCC12CCNC2. The molecule has 2 fully saturated rings.